The number of pyridine rings is 2. The van der Waals surface area contributed by atoms with Gasteiger partial charge in [-0.25, -0.2) is 23.1 Å². The van der Waals surface area contributed by atoms with Gasteiger partial charge in [0.05, 0.1) is 11.3 Å². The van der Waals surface area contributed by atoms with Crippen LogP contribution in [-0.2, 0) is 12.9 Å². The molecule has 3 atom stereocenters. The van der Waals surface area contributed by atoms with Gasteiger partial charge in [-0.3, -0.25) is 9.97 Å². The third-order valence-electron chi connectivity index (χ3n) is 6.39. The lowest BCUT2D eigenvalue weighted by atomic mass is 9.84. The molecule has 0 N–H and O–H groups in total. The highest BCUT2D eigenvalue weighted by atomic mass is 19.4. The van der Waals surface area contributed by atoms with Crippen LogP contribution in [0.5, 0.6) is 0 Å². The van der Waals surface area contributed by atoms with Crippen molar-refractivity contribution in [1.29, 1.82) is 0 Å². The Morgan fingerprint density at radius 2 is 1.33 bits per heavy atom. The Kier molecular flexibility index (Phi) is 9.39. The van der Waals surface area contributed by atoms with E-state index in [1.54, 1.807) is 18.3 Å². The molecular weight excluding hydrogens is 482 g/mol. The van der Waals surface area contributed by atoms with Crippen LogP contribution in [0.2, 0.25) is 0 Å². The molecule has 10 heteroatoms. The summed E-state index contributed by atoms with van der Waals surface area (Å²) in [5.74, 6) is 0.248. The van der Waals surface area contributed by atoms with Crippen molar-refractivity contribution < 1.29 is 26.3 Å². The van der Waals surface area contributed by atoms with E-state index in [-0.39, 0.29) is 23.4 Å². The molecule has 0 aliphatic heterocycles. The second kappa shape index (κ2) is 12.3. The fourth-order valence-corrected chi connectivity index (χ4v) is 4.01. The van der Waals surface area contributed by atoms with Crippen LogP contribution in [-0.4, -0.2) is 19.9 Å². The van der Waals surface area contributed by atoms with Crippen LogP contribution < -0.4 is 0 Å². The minimum atomic E-state index is -4.50. The minimum absolute atomic E-state index is 0.0124. The fraction of sp³-hybridized carbons (Fsp3) is 0.462. The van der Waals surface area contributed by atoms with Gasteiger partial charge in [0.15, 0.2) is 0 Å². The summed E-state index contributed by atoms with van der Waals surface area (Å²) >= 11 is 0. The van der Waals surface area contributed by atoms with E-state index >= 15 is 0 Å². The van der Waals surface area contributed by atoms with Crippen LogP contribution in [0.1, 0.15) is 97.6 Å². The van der Waals surface area contributed by atoms with Crippen molar-refractivity contribution in [3.05, 3.63) is 83.0 Å². The molecule has 3 aromatic heterocycles. The van der Waals surface area contributed by atoms with Gasteiger partial charge in [0.1, 0.15) is 18.2 Å². The van der Waals surface area contributed by atoms with Crippen molar-refractivity contribution >= 4 is 0 Å². The molecule has 194 valence electrons. The molecule has 36 heavy (non-hydrogen) atoms. The fourth-order valence-electron chi connectivity index (χ4n) is 4.01. The van der Waals surface area contributed by atoms with Gasteiger partial charge in [-0.05, 0) is 60.8 Å². The van der Waals surface area contributed by atoms with E-state index in [0.717, 1.165) is 36.4 Å². The summed E-state index contributed by atoms with van der Waals surface area (Å²) in [7, 11) is 0. The van der Waals surface area contributed by atoms with Crippen molar-refractivity contribution in [2.45, 2.75) is 76.6 Å². The van der Waals surface area contributed by atoms with Gasteiger partial charge in [0.25, 0.3) is 6.43 Å². The molecule has 0 aliphatic carbocycles. The normalized spacial score (nSPS) is 14.6. The minimum Gasteiger partial charge on any atom is -0.258 e. The Labute approximate surface area is 206 Å². The first-order valence-electron chi connectivity index (χ1n) is 11.7. The van der Waals surface area contributed by atoms with Crippen molar-refractivity contribution in [2.75, 3.05) is 0 Å². The lowest BCUT2D eigenvalue weighted by Gasteiger charge is -2.21. The Morgan fingerprint density at radius 3 is 1.83 bits per heavy atom. The van der Waals surface area contributed by atoms with Gasteiger partial charge in [-0.15, -0.1) is 0 Å². The van der Waals surface area contributed by atoms with E-state index < -0.39 is 24.8 Å². The van der Waals surface area contributed by atoms with Gasteiger partial charge in [0.2, 0.25) is 0 Å². The zero-order valence-electron chi connectivity index (χ0n) is 20.0. The van der Waals surface area contributed by atoms with E-state index in [1.165, 1.54) is 12.3 Å². The highest BCUT2D eigenvalue weighted by molar-refractivity contribution is 5.21. The van der Waals surface area contributed by atoms with Crippen molar-refractivity contribution in [1.82, 2.24) is 19.9 Å². The number of alkyl halides is 6. The van der Waals surface area contributed by atoms with E-state index in [2.05, 4.69) is 19.9 Å². The molecular formula is C26H28F6N4. The predicted octanol–water partition coefficient (Wildman–Crippen LogP) is 7.94. The molecule has 3 rings (SSSR count). The maximum Gasteiger partial charge on any atom is 0.419 e. The molecule has 3 unspecified atom stereocenters. The van der Waals surface area contributed by atoms with Crippen LogP contribution in [0.25, 0.3) is 0 Å². The van der Waals surface area contributed by atoms with Crippen LogP contribution in [0, 0.1) is 0 Å². The quantitative estimate of drug-likeness (QED) is 0.246. The van der Waals surface area contributed by atoms with Crippen molar-refractivity contribution in [3.63, 3.8) is 0 Å². The Morgan fingerprint density at radius 1 is 0.722 bits per heavy atom. The lowest BCUT2D eigenvalue weighted by molar-refractivity contribution is -0.138. The van der Waals surface area contributed by atoms with Gasteiger partial charge < -0.3 is 0 Å². The SMILES string of the molecule is CC(CCC(CCC(C)c1ncc(C(F)(F)F)cn1)c1ccc(C(F)F)nc1)c1ccc(CF)nc1. The topological polar surface area (TPSA) is 51.6 Å². The maximum absolute atomic E-state index is 13.0. The summed E-state index contributed by atoms with van der Waals surface area (Å²) < 4.78 is 77.1. The average molecular weight is 511 g/mol. The first-order chi connectivity index (χ1) is 17.1. The third kappa shape index (κ3) is 7.48. The summed E-state index contributed by atoms with van der Waals surface area (Å²) in [6, 6.07) is 6.48. The molecule has 0 amide bonds. The zero-order valence-corrected chi connectivity index (χ0v) is 20.0. The second-order valence-electron chi connectivity index (χ2n) is 9.02. The van der Waals surface area contributed by atoms with Gasteiger partial charge >= 0.3 is 6.18 Å². The number of rotatable bonds is 11. The molecule has 3 aromatic rings. The van der Waals surface area contributed by atoms with Gasteiger partial charge in [-0.2, -0.15) is 13.2 Å². The average Bonchev–Trinajstić information content (AvgIpc) is 2.88. The number of halogens is 6. The smallest absolute Gasteiger partial charge is 0.258 e. The number of hydrogen-bond donors (Lipinski definition) is 0. The van der Waals surface area contributed by atoms with Gasteiger partial charge in [-0.1, -0.05) is 26.0 Å². The highest BCUT2D eigenvalue weighted by Gasteiger charge is 2.31. The summed E-state index contributed by atoms with van der Waals surface area (Å²) in [4.78, 5) is 15.8. The molecule has 0 bridgehead atoms. The molecule has 0 saturated carbocycles. The maximum atomic E-state index is 13.0. The number of nitrogens with zero attached hydrogens (tertiary/aromatic N) is 4. The molecule has 0 radical (unpaired) electrons. The zero-order chi connectivity index (χ0) is 26.3. The Balaban J connectivity index is 1.70. The number of aromatic nitrogens is 4. The van der Waals surface area contributed by atoms with E-state index in [1.807, 2.05) is 19.9 Å². The van der Waals surface area contributed by atoms with Gasteiger partial charge in [0, 0.05) is 30.7 Å². The molecule has 3 heterocycles. The predicted molar refractivity (Wildman–Crippen MR) is 123 cm³/mol. The van der Waals surface area contributed by atoms with Crippen molar-refractivity contribution in [3.8, 4) is 0 Å². The molecule has 4 nitrogen and oxygen atoms in total. The molecule has 0 aromatic carbocycles. The van der Waals surface area contributed by atoms with Crippen molar-refractivity contribution in [2.24, 2.45) is 0 Å². The van der Waals surface area contributed by atoms with E-state index in [9.17, 15) is 26.3 Å². The lowest BCUT2D eigenvalue weighted by Crippen LogP contribution is -2.10. The third-order valence-corrected chi connectivity index (χ3v) is 6.39. The largest absolute Gasteiger partial charge is 0.419 e. The van der Waals surface area contributed by atoms with E-state index in [4.69, 9.17) is 0 Å². The first-order valence-corrected chi connectivity index (χ1v) is 11.7. The second-order valence-corrected chi connectivity index (χ2v) is 9.02. The van der Waals surface area contributed by atoms with E-state index in [0.29, 0.717) is 24.4 Å². The Hall–Kier alpha value is -3.04. The molecule has 0 saturated heterocycles. The van der Waals surface area contributed by atoms with Crippen LogP contribution >= 0.6 is 0 Å². The first kappa shape index (κ1) is 27.5. The highest BCUT2D eigenvalue weighted by Crippen LogP contribution is 2.34. The van der Waals surface area contributed by atoms with Crippen LogP contribution in [0.3, 0.4) is 0 Å². The monoisotopic (exact) mass is 510 g/mol. The summed E-state index contributed by atoms with van der Waals surface area (Å²) in [5.41, 5.74) is 0.969. The standard InChI is InChI=1S/C26H28F6N4/c1-16(19-7-9-22(11-27)33-12-19)3-5-18(20-8-10-23(24(28)29)34-13-20)6-4-17(2)25-35-14-21(15-36-25)26(30,31)32/h7-10,12-18,24H,3-6,11H2,1-2H3. The van der Waals surface area contributed by atoms with Crippen LogP contribution in [0.15, 0.2) is 49.1 Å². The molecule has 0 aliphatic rings. The van der Waals surface area contributed by atoms with Crippen LogP contribution in [0.4, 0.5) is 26.3 Å². The molecule has 0 fully saturated rings. The Bertz CT molecular complexity index is 1070. The molecule has 0 spiro atoms. The summed E-state index contributed by atoms with van der Waals surface area (Å²) in [6.07, 6.45) is 0.273. The summed E-state index contributed by atoms with van der Waals surface area (Å²) in [6.45, 7) is 3.26. The summed E-state index contributed by atoms with van der Waals surface area (Å²) in [5, 5.41) is 0. The number of hydrogen-bond acceptors (Lipinski definition) is 4.